The molecular formula is C16H16O5. The number of methoxy groups -OCH3 is 3. The molecule has 0 atom stereocenters. The summed E-state index contributed by atoms with van der Waals surface area (Å²) in [5.74, 6) is 0.534. The van der Waals surface area contributed by atoms with Crippen LogP contribution in [0.25, 0.3) is 11.1 Å². The molecule has 21 heavy (non-hydrogen) atoms. The predicted octanol–water partition coefficient (Wildman–Crippen LogP) is 3.08. The normalized spacial score (nSPS) is 10.0. The fourth-order valence-electron chi connectivity index (χ4n) is 2.06. The van der Waals surface area contributed by atoms with Crippen LogP contribution in [0.2, 0.25) is 0 Å². The minimum Gasteiger partial charge on any atom is -0.496 e. The summed E-state index contributed by atoms with van der Waals surface area (Å²) >= 11 is 0. The molecule has 0 unspecified atom stereocenters. The molecule has 5 heteroatoms. The van der Waals surface area contributed by atoms with Crippen LogP contribution in [0.4, 0.5) is 0 Å². The van der Waals surface area contributed by atoms with Crippen molar-refractivity contribution in [2.75, 3.05) is 21.3 Å². The molecule has 0 radical (unpaired) electrons. The quantitative estimate of drug-likeness (QED) is 0.916. The van der Waals surface area contributed by atoms with Gasteiger partial charge in [0.1, 0.15) is 11.3 Å². The van der Waals surface area contributed by atoms with Crippen LogP contribution in [0.15, 0.2) is 36.4 Å². The summed E-state index contributed by atoms with van der Waals surface area (Å²) in [6, 6.07) is 10.4. The monoisotopic (exact) mass is 288 g/mol. The van der Waals surface area contributed by atoms with Crippen LogP contribution in [0.5, 0.6) is 17.2 Å². The molecule has 0 fully saturated rings. The highest BCUT2D eigenvalue weighted by molar-refractivity contribution is 5.92. The molecule has 1 N–H and O–H groups in total. The zero-order chi connectivity index (χ0) is 15.4. The van der Waals surface area contributed by atoms with Crippen molar-refractivity contribution in [2.24, 2.45) is 0 Å². The molecule has 2 aromatic carbocycles. The SMILES string of the molecule is COc1ccc(-c2ccc(C(=O)O)c(OC)c2)cc1OC. The van der Waals surface area contributed by atoms with Gasteiger partial charge in [-0.05, 0) is 35.4 Å². The lowest BCUT2D eigenvalue weighted by Crippen LogP contribution is -2.00. The average Bonchev–Trinajstić information content (AvgIpc) is 2.53. The minimum absolute atomic E-state index is 0.127. The van der Waals surface area contributed by atoms with Crippen molar-refractivity contribution in [3.8, 4) is 28.4 Å². The maximum Gasteiger partial charge on any atom is 0.339 e. The van der Waals surface area contributed by atoms with Crippen molar-refractivity contribution < 1.29 is 24.1 Å². The Morgan fingerprint density at radius 2 is 1.33 bits per heavy atom. The van der Waals surface area contributed by atoms with Crippen LogP contribution < -0.4 is 14.2 Å². The Kier molecular flexibility index (Phi) is 4.33. The van der Waals surface area contributed by atoms with Crippen LogP contribution in [-0.4, -0.2) is 32.4 Å². The Morgan fingerprint density at radius 1 is 0.810 bits per heavy atom. The van der Waals surface area contributed by atoms with Crippen molar-refractivity contribution >= 4 is 5.97 Å². The first-order chi connectivity index (χ1) is 10.1. The molecule has 2 rings (SSSR count). The van der Waals surface area contributed by atoms with Crippen molar-refractivity contribution in [3.05, 3.63) is 42.0 Å². The Morgan fingerprint density at radius 3 is 1.86 bits per heavy atom. The smallest absolute Gasteiger partial charge is 0.339 e. The number of aromatic carboxylic acids is 1. The highest BCUT2D eigenvalue weighted by Gasteiger charge is 2.13. The highest BCUT2D eigenvalue weighted by Crippen LogP contribution is 2.34. The largest absolute Gasteiger partial charge is 0.496 e. The van der Waals surface area contributed by atoms with E-state index < -0.39 is 5.97 Å². The lowest BCUT2D eigenvalue weighted by molar-refractivity contribution is 0.0693. The standard InChI is InChI=1S/C16H16O5/c1-19-13-7-5-11(9-15(13)21-3)10-4-6-12(16(17)18)14(8-10)20-2/h4-9H,1-3H3,(H,17,18). The zero-order valence-electron chi connectivity index (χ0n) is 12.0. The Bertz CT molecular complexity index is 664. The van der Waals surface area contributed by atoms with E-state index in [2.05, 4.69) is 0 Å². The Hall–Kier alpha value is -2.69. The van der Waals surface area contributed by atoms with Gasteiger partial charge in [0.2, 0.25) is 0 Å². The van der Waals surface area contributed by atoms with Gasteiger partial charge in [-0.1, -0.05) is 12.1 Å². The van der Waals surface area contributed by atoms with Crippen molar-refractivity contribution in [1.82, 2.24) is 0 Å². The Labute approximate surface area is 122 Å². The van der Waals surface area contributed by atoms with E-state index in [-0.39, 0.29) is 5.56 Å². The number of rotatable bonds is 5. The topological polar surface area (TPSA) is 65.0 Å². The zero-order valence-corrected chi connectivity index (χ0v) is 12.0. The van der Waals surface area contributed by atoms with E-state index in [0.717, 1.165) is 11.1 Å². The first-order valence-electron chi connectivity index (χ1n) is 6.24. The fourth-order valence-corrected chi connectivity index (χ4v) is 2.06. The highest BCUT2D eigenvalue weighted by atomic mass is 16.5. The number of hydrogen-bond acceptors (Lipinski definition) is 4. The van der Waals surface area contributed by atoms with Crippen LogP contribution in [0, 0.1) is 0 Å². The minimum atomic E-state index is -1.02. The number of hydrogen-bond donors (Lipinski definition) is 1. The first kappa shape index (κ1) is 14.7. The molecule has 5 nitrogen and oxygen atoms in total. The number of carboxylic acids is 1. The summed E-state index contributed by atoms with van der Waals surface area (Å²) in [6.45, 7) is 0. The van der Waals surface area contributed by atoms with E-state index >= 15 is 0 Å². The molecular weight excluding hydrogens is 272 g/mol. The van der Waals surface area contributed by atoms with Crippen molar-refractivity contribution in [1.29, 1.82) is 0 Å². The van der Waals surface area contributed by atoms with Crippen LogP contribution in [0.3, 0.4) is 0 Å². The second-order valence-electron chi connectivity index (χ2n) is 4.29. The molecule has 0 aliphatic rings. The summed E-state index contributed by atoms with van der Waals surface area (Å²) in [6.07, 6.45) is 0. The molecule has 0 saturated heterocycles. The summed E-state index contributed by atoms with van der Waals surface area (Å²) < 4.78 is 15.6. The van der Waals surface area contributed by atoms with Gasteiger partial charge < -0.3 is 19.3 Å². The van der Waals surface area contributed by atoms with Gasteiger partial charge in [0.25, 0.3) is 0 Å². The number of benzene rings is 2. The lowest BCUT2D eigenvalue weighted by atomic mass is 10.0. The third-order valence-electron chi connectivity index (χ3n) is 3.15. The third-order valence-corrected chi connectivity index (χ3v) is 3.15. The number of carbonyl (C=O) groups is 1. The molecule has 0 aromatic heterocycles. The average molecular weight is 288 g/mol. The first-order valence-corrected chi connectivity index (χ1v) is 6.24. The van der Waals surface area contributed by atoms with Gasteiger partial charge in [0.05, 0.1) is 21.3 Å². The molecule has 0 aliphatic heterocycles. The lowest BCUT2D eigenvalue weighted by Gasteiger charge is -2.11. The van der Waals surface area contributed by atoms with Gasteiger partial charge >= 0.3 is 5.97 Å². The second kappa shape index (κ2) is 6.17. The third kappa shape index (κ3) is 2.91. The molecule has 0 spiro atoms. The molecule has 0 aliphatic carbocycles. The number of ether oxygens (including phenoxy) is 3. The van der Waals surface area contributed by atoms with Crippen LogP contribution >= 0.6 is 0 Å². The van der Waals surface area contributed by atoms with Crippen molar-refractivity contribution in [2.45, 2.75) is 0 Å². The maximum atomic E-state index is 11.1. The van der Waals surface area contributed by atoms with Gasteiger partial charge in [-0.2, -0.15) is 0 Å². The fraction of sp³-hybridized carbons (Fsp3) is 0.188. The van der Waals surface area contributed by atoms with E-state index in [9.17, 15) is 4.79 Å². The summed E-state index contributed by atoms with van der Waals surface area (Å²) in [5.41, 5.74) is 1.84. The van der Waals surface area contributed by atoms with E-state index in [1.165, 1.54) is 13.2 Å². The molecule has 0 bridgehead atoms. The van der Waals surface area contributed by atoms with Crippen molar-refractivity contribution in [3.63, 3.8) is 0 Å². The van der Waals surface area contributed by atoms with Gasteiger partial charge in [-0.15, -0.1) is 0 Å². The number of carboxylic acid groups (broad SMARTS) is 1. The van der Waals surface area contributed by atoms with Gasteiger partial charge in [0, 0.05) is 0 Å². The van der Waals surface area contributed by atoms with Crippen LogP contribution in [-0.2, 0) is 0 Å². The van der Waals surface area contributed by atoms with E-state index in [4.69, 9.17) is 19.3 Å². The van der Waals surface area contributed by atoms with Gasteiger partial charge in [-0.25, -0.2) is 4.79 Å². The summed E-state index contributed by atoms with van der Waals surface area (Å²) in [4.78, 5) is 11.1. The molecule has 0 amide bonds. The van der Waals surface area contributed by atoms with Crippen LogP contribution in [0.1, 0.15) is 10.4 Å². The van der Waals surface area contributed by atoms with E-state index in [1.807, 2.05) is 12.1 Å². The molecule has 0 saturated carbocycles. The maximum absolute atomic E-state index is 11.1. The second-order valence-corrected chi connectivity index (χ2v) is 4.29. The predicted molar refractivity (Wildman–Crippen MR) is 78.5 cm³/mol. The van der Waals surface area contributed by atoms with E-state index in [1.54, 1.807) is 32.4 Å². The van der Waals surface area contributed by atoms with E-state index in [0.29, 0.717) is 17.2 Å². The summed E-state index contributed by atoms with van der Waals surface area (Å²) in [5, 5.41) is 9.09. The van der Waals surface area contributed by atoms with Gasteiger partial charge in [-0.3, -0.25) is 0 Å². The van der Waals surface area contributed by atoms with Gasteiger partial charge in [0.15, 0.2) is 11.5 Å². The summed E-state index contributed by atoms with van der Waals surface area (Å²) in [7, 11) is 4.58. The molecule has 110 valence electrons. The molecule has 2 aromatic rings. The molecule has 0 heterocycles. The Balaban J connectivity index is 2.49.